The van der Waals surface area contributed by atoms with Crippen LogP contribution < -0.4 is 9.62 Å². The molecule has 0 aromatic heterocycles. The van der Waals surface area contributed by atoms with Gasteiger partial charge in [-0.25, -0.2) is 12.8 Å². The van der Waals surface area contributed by atoms with Crippen molar-refractivity contribution < 1.29 is 22.4 Å². The van der Waals surface area contributed by atoms with E-state index in [9.17, 15) is 22.4 Å². The van der Waals surface area contributed by atoms with Crippen LogP contribution in [0.15, 0.2) is 42.5 Å². The monoisotopic (exact) mass is 531 g/mol. The van der Waals surface area contributed by atoms with Crippen LogP contribution in [-0.4, -0.2) is 51.0 Å². The van der Waals surface area contributed by atoms with Crippen LogP contribution in [0.5, 0.6) is 0 Å². The smallest absolute Gasteiger partial charge is 0.242 e. The molecule has 0 saturated carbocycles. The van der Waals surface area contributed by atoms with Crippen LogP contribution in [0.1, 0.15) is 31.7 Å². The summed E-state index contributed by atoms with van der Waals surface area (Å²) in [5.41, 5.74) is 1.01. The number of benzene rings is 2. The molecule has 0 fully saturated rings. The van der Waals surface area contributed by atoms with Crippen LogP contribution in [0.2, 0.25) is 10.0 Å². The molecule has 0 heterocycles. The summed E-state index contributed by atoms with van der Waals surface area (Å²) in [4.78, 5) is 27.1. The summed E-state index contributed by atoms with van der Waals surface area (Å²) in [7, 11) is -2.15. The van der Waals surface area contributed by atoms with Crippen molar-refractivity contribution in [1.82, 2.24) is 10.2 Å². The molecule has 0 bridgehead atoms. The van der Waals surface area contributed by atoms with Crippen LogP contribution in [0.4, 0.5) is 10.1 Å². The Balaban J connectivity index is 2.20. The van der Waals surface area contributed by atoms with Gasteiger partial charge in [0.15, 0.2) is 0 Å². The molecule has 1 N–H and O–H groups in total. The largest absolute Gasteiger partial charge is 0.357 e. The van der Waals surface area contributed by atoms with Gasteiger partial charge in [0.2, 0.25) is 21.8 Å². The van der Waals surface area contributed by atoms with Gasteiger partial charge in [-0.2, -0.15) is 0 Å². The zero-order chi connectivity index (χ0) is 25.5. The molecule has 2 aromatic carbocycles. The summed E-state index contributed by atoms with van der Waals surface area (Å²) in [5.74, 6) is -1.10. The third-order valence-corrected chi connectivity index (χ3v) is 7.17. The van der Waals surface area contributed by atoms with E-state index in [1.54, 1.807) is 25.1 Å². The van der Waals surface area contributed by atoms with Crippen LogP contribution in [-0.2, 0) is 26.2 Å². The second-order valence-electron chi connectivity index (χ2n) is 7.72. The summed E-state index contributed by atoms with van der Waals surface area (Å²) < 4.78 is 38.9. The van der Waals surface area contributed by atoms with Gasteiger partial charge < -0.3 is 10.2 Å². The van der Waals surface area contributed by atoms with E-state index in [0.717, 1.165) is 10.6 Å². The van der Waals surface area contributed by atoms with Crippen LogP contribution in [0.25, 0.3) is 0 Å². The quantitative estimate of drug-likeness (QED) is 0.469. The molecule has 34 heavy (non-hydrogen) atoms. The number of nitrogens with one attached hydrogen (secondary N) is 1. The van der Waals surface area contributed by atoms with E-state index >= 15 is 0 Å². The van der Waals surface area contributed by atoms with Gasteiger partial charge in [0.25, 0.3) is 0 Å². The molecule has 0 radical (unpaired) electrons. The number of nitrogens with zero attached hydrogens (tertiary/aromatic N) is 2. The zero-order valence-corrected chi connectivity index (χ0v) is 21.6. The summed E-state index contributed by atoms with van der Waals surface area (Å²) >= 11 is 12.1. The second kappa shape index (κ2) is 12.4. The number of anilines is 1. The van der Waals surface area contributed by atoms with Crippen molar-refractivity contribution in [3.63, 3.8) is 0 Å². The highest BCUT2D eigenvalue weighted by molar-refractivity contribution is 7.92. The first-order chi connectivity index (χ1) is 16.0. The van der Waals surface area contributed by atoms with Crippen molar-refractivity contribution >= 4 is 50.7 Å². The lowest BCUT2D eigenvalue weighted by Gasteiger charge is -2.31. The van der Waals surface area contributed by atoms with Crippen molar-refractivity contribution in [3.8, 4) is 0 Å². The molecule has 2 amide bonds. The maximum atomic E-state index is 13.3. The molecule has 2 aromatic rings. The Kier molecular flexibility index (Phi) is 10.1. The molecule has 2 rings (SSSR count). The molecular formula is C23H28Cl2FN3O4S. The maximum Gasteiger partial charge on any atom is 0.242 e. The molecule has 0 aliphatic carbocycles. The molecular weight excluding hydrogens is 504 g/mol. The lowest BCUT2D eigenvalue weighted by atomic mass is 10.1. The van der Waals surface area contributed by atoms with E-state index in [1.807, 2.05) is 0 Å². The lowest BCUT2D eigenvalue weighted by molar-refractivity contribution is -0.141. The highest BCUT2D eigenvalue weighted by Crippen LogP contribution is 2.25. The fraction of sp³-hybridized carbons (Fsp3) is 0.391. The molecule has 0 aliphatic heterocycles. The molecule has 0 saturated heterocycles. The zero-order valence-electron chi connectivity index (χ0n) is 19.2. The molecule has 1 atom stereocenters. The fourth-order valence-corrected chi connectivity index (χ4v) is 4.82. The lowest BCUT2D eigenvalue weighted by Crippen LogP contribution is -2.48. The SMILES string of the molecule is CC[C@@H](C(=O)NC)N(Cc1ccc(Cl)c(Cl)c1)C(=O)CCCN(c1ccc(F)cc1)S(C)(=O)=O. The Morgan fingerprint density at radius 3 is 2.26 bits per heavy atom. The summed E-state index contributed by atoms with van der Waals surface area (Å²) in [5, 5.41) is 3.29. The number of sulfonamides is 1. The first-order valence-electron chi connectivity index (χ1n) is 10.7. The fourth-order valence-electron chi connectivity index (χ4n) is 3.53. The maximum absolute atomic E-state index is 13.3. The summed E-state index contributed by atoms with van der Waals surface area (Å²) in [6.45, 7) is 1.96. The summed E-state index contributed by atoms with van der Waals surface area (Å²) in [6.07, 6.45) is 1.64. The standard InChI is InChI=1S/C23H28Cl2FN3O4S/c1-4-21(23(31)27-2)28(15-16-7-12-19(24)20(25)14-16)22(30)6-5-13-29(34(3,32)33)18-10-8-17(26)9-11-18/h7-12,14,21H,4-6,13,15H2,1-3H3,(H,27,31)/t21-/m0/s1. The predicted octanol–water partition coefficient (Wildman–Crippen LogP) is 4.23. The number of halogens is 3. The van der Waals surface area contributed by atoms with Crippen LogP contribution >= 0.6 is 23.2 Å². The molecule has 0 aliphatic rings. The van der Waals surface area contributed by atoms with E-state index < -0.39 is 21.9 Å². The minimum Gasteiger partial charge on any atom is -0.357 e. The average molecular weight is 532 g/mol. The van der Waals surface area contributed by atoms with Crippen molar-refractivity contribution in [2.45, 2.75) is 38.8 Å². The number of likely N-dealkylation sites (N-methyl/N-ethyl adjacent to an activating group) is 1. The van der Waals surface area contributed by atoms with Crippen molar-refractivity contribution in [2.24, 2.45) is 0 Å². The van der Waals surface area contributed by atoms with Gasteiger partial charge in [-0.3, -0.25) is 13.9 Å². The Bertz CT molecular complexity index is 1110. The summed E-state index contributed by atoms with van der Waals surface area (Å²) in [6, 6.07) is 9.36. The van der Waals surface area contributed by atoms with E-state index in [0.29, 0.717) is 27.7 Å². The van der Waals surface area contributed by atoms with Gasteiger partial charge in [-0.15, -0.1) is 0 Å². The number of amides is 2. The van der Waals surface area contributed by atoms with Crippen molar-refractivity contribution in [3.05, 3.63) is 63.9 Å². The first kappa shape index (κ1) is 27.9. The van der Waals surface area contributed by atoms with Gasteiger partial charge in [-0.1, -0.05) is 36.2 Å². The number of carbonyl (C=O) groups excluding carboxylic acids is 2. The van der Waals surface area contributed by atoms with Gasteiger partial charge in [0, 0.05) is 26.6 Å². The minimum absolute atomic E-state index is 0.00201. The van der Waals surface area contributed by atoms with E-state index in [1.165, 1.54) is 36.2 Å². The second-order valence-corrected chi connectivity index (χ2v) is 10.4. The molecule has 186 valence electrons. The third-order valence-electron chi connectivity index (χ3n) is 5.24. The van der Waals surface area contributed by atoms with Crippen LogP contribution in [0.3, 0.4) is 0 Å². The van der Waals surface area contributed by atoms with Crippen molar-refractivity contribution in [2.75, 3.05) is 24.2 Å². The normalized spacial score (nSPS) is 12.2. The van der Waals surface area contributed by atoms with Gasteiger partial charge >= 0.3 is 0 Å². The average Bonchev–Trinajstić information content (AvgIpc) is 2.78. The van der Waals surface area contributed by atoms with Gasteiger partial charge in [0.1, 0.15) is 11.9 Å². The Morgan fingerprint density at radius 1 is 1.09 bits per heavy atom. The van der Waals surface area contributed by atoms with Crippen LogP contribution in [0, 0.1) is 5.82 Å². The Morgan fingerprint density at radius 2 is 1.74 bits per heavy atom. The van der Waals surface area contributed by atoms with E-state index in [4.69, 9.17) is 23.2 Å². The predicted molar refractivity (Wildman–Crippen MR) is 133 cm³/mol. The third kappa shape index (κ3) is 7.58. The van der Waals surface area contributed by atoms with Gasteiger partial charge in [0.05, 0.1) is 22.0 Å². The topological polar surface area (TPSA) is 86.8 Å². The van der Waals surface area contributed by atoms with Crippen molar-refractivity contribution in [1.29, 1.82) is 0 Å². The Hall–Kier alpha value is -2.36. The van der Waals surface area contributed by atoms with E-state index in [-0.39, 0.29) is 37.7 Å². The number of hydrogen-bond donors (Lipinski definition) is 1. The molecule has 0 spiro atoms. The molecule has 11 heteroatoms. The molecule has 0 unspecified atom stereocenters. The Labute approximate surface area is 209 Å². The number of carbonyl (C=O) groups is 2. The highest BCUT2D eigenvalue weighted by atomic mass is 35.5. The number of rotatable bonds is 11. The minimum atomic E-state index is -3.65. The van der Waals surface area contributed by atoms with E-state index in [2.05, 4.69) is 5.32 Å². The number of hydrogen-bond acceptors (Lipinski definition) is 4. The van der Waals surface area contributed by atoms with Gasteiger partial charge in [-0.05, 0) is 54.8 Å². The highest BCUT2D eigenvalue weighted by Gasteiger charge is 2.28. The molecule has 7 nitrogen and oxygen atoms in total. The first-order valence-corrected chi connectivity index (χ1v) is 13.3.